The lowest BCUT2D eigenvalue weighted by molar-refractivity contribution is -0.385. The molecule has 0 aliphatic rings. The summed E-state index contributed by atoms with van der Waals surface area (Å²) in [6, 6.07) is 25.5. The van der Waals surface area contributed by atoms with Crippen molar-refractivity contribution in [1.82, 2.24) is 5.43 Å². The Bertz CT molecular complexity index is 1550. The van der Waals surface area contributed by atoms with Gasteiger partial charge in [0, 0.05) is 28.4 Å². The number of nitrogens with zero attached hydrogens (tertiary/aromatic N) is 2. The van der Waals surface area contributed by atoms with Gasteiger partial charge in [-0.3, -0.25) is 19.7 Å². The van der Waals surface area contributed by atoms with E-state index < -0.39 is 22.5 Å². The van der Waals surface area contributed by atoms with Crippen LogP contribution in [-0.4, -0.2) is 28.9 Å². The van der Waals surface area contributed by atoms with Gasteiger partial charge in [-0.1, -0.05) is 42.0 Å². The van der Waals surface area contributed by atoms with Gasteiger partial charge in [0.25, 0.3) is 11.8 Å². The van der Waals surface area contributed by atoms with Crippen molar-refractivity contribution in [3.8, 4) is 5.75 Å². The Labute approximate surface area is 223 Å². The molecule has 0 aliphatic carbocycles. The molecule has 0 unspecified atom stereocenters. The van der Waals surface area contributed by atoms with E-state index in [0.29, 0.717) is 11.3 Å². The maximum Gasteiger partial charge on any atom is 0.343 e. The third-order valence-electron chi connectivity index (χ3n) is 5.51. The Morgan fingerprint density at radius 3 is 2.10 bits per heavy atom. The van der Waals surface area contributed by atoms with Crippen LogP contribution >= 0.6 is 0 Å². The number of esters is 1. The summed E-state index contributed by atoms with van der Waals surface area (Å²) in [6.45, 7) is 1.86. The van der Waals surface area contributed by atoms with E-state index >= 15 is 0 Å². The van der Waals surface area contributed by atoms with E-state index in [2.05, 4.69) is 15.8 Å². The number of hydrogen-bond donors (Lipinski definition) is 2. The number of para-hydroxylation sites is 1. The summed E-state index contributed by atoms with van der Waals surface area (Å²) in [5.74, 6) is -1.92. The van der Waals surface area contributed by atoms with Gasteiger partial charge in [-0.2, -0.15) is 5.10 Å². The fourth-order valence-electron chi connectivity index (χ4n) is 3.46. The molecule has 10 heteroatoms. The van der Waals surface area contributed by atoms with Gasteiger partial charge >= 0.3 is 11.7 Å². The van der Waals surface area contributed by atoms with Crippen molar-refractivity contribution in [1.29, 1.82) is 0 Å². The summed E-state index contributed by atoms with van der Waals surface area (Å²) in [6.07, 6.45) is 1.15. The second-order valence-electron chi connectivity index (χ2n) is 8.30. The number of hydrogen-bond acceptors (Lipinski definition) is 7. The lowest BCUT2D eigenvalue weighted by Crippen LogP contribution is -2.18. The number of ether oxygens (including phenoxy) is 1. The Morgan fingerprint density at radius 1 is 0.795 bits per heavy atom. The molecule has 0 aliphatic heterocycles. The standard InChI is InChI=1S/C29H22N4O6/c1-19-10-12-22(13-11-19)29(36)39-26-23(8-5-9-25(26)33(37)38)18-30-32-28(35)21-14-16-24(17-15-21)31-27(34)20-6-3-2-4-7-20/h2-18H,1H3,(H,31,34)(H,32,35)/b30-18+. The van der Waals surface area contributed by atoms with Crippen LogP contribution in [0.5, 0.6) is 5.75 Å². The van der Waals surface area contributed by atoms with Crippen LogP contribution in [0, 0.1) is 17.0 Å². The second kappa shape index (κ2) is 12.1. The molecule has 2 amide bonds. The van der Waals surface area contributed by atoms with E-state index in [1.807, 2.05) is 13.0 Å². The van der Waals surface area contributed by atoms with Crippen LogP contribution in [0.2, 0.25) is 0 Å². The zero-order valence-electron chi connectivity index (χ0n) is 20.7. The number of hydrazone groups is 1. The predicted molar refractivity (Wildman–Crippen MR) is 145 cm³/mol. The van der Waals surface area contributed by atoms with E-state index in [1.54, 1.807) is 60.7 Å². The van der Waals surface area contributed by atoms with Gasteiger partial charge in [0.05, 0.1) is 16.7 Å². The summed E-state index contributed by atoms with van der Waals surface area (Å²) < 4.78 is 5.36. The van der Waals surface area contributed by atoms with Crippen LogP contribution in [0.3, 0.4) is 0 Å². The molecule has 4 aromatic rings. The lowest BCUT2D eigenvalue weighted by atomic mass is 10.1. The highest BCUT2D eigenvalue weighted by atomic mass is 16.6. The third kappa shape index (κ3) is 6.77. The first-order valence-electron chi connectivity index (χ1n) is 11.7. The quantitative estimate of drug-likeness (QED) is 0.108. The Hall–Kier alpha value is -5.64. The molecule has 194 valence electrons. The Morgan fingerprint density at radius 2 is 1.44 bits per heavy atom. The molecule has 0 saturated carbocycles. The Kier molecular flexibility index (Phi) is 8.17. The average Bonchev–Trinajstić information content (AvgIpc) is 2.94. The van der Waals surface area contributed by atoms with Crippen LogP contribution in [0.25, 0.3) is 0 Å². The predicted octanol–water partition coefficient (Wildman–Crippen LogP) is 5.14. The smallest absolute Gasteiger partial charge is 0.343 e. The molecule has 0 bridgehead atoms. The first-order valence-corrected chi connectivity index (χ1v) is 11.7. The average molecular weight is 523 g/mol. The van der Waals surface area contributed by atoms with Gasteiger partial charge in [-0.25, -0.2) is 10.2 Å². The summed E-state index contributed by atoms with van der Waals surface area (Å²) in [4.78, 5) is 48.3. The van der Waals surface area contributed by atoms with Crippen LogP contribution in [0.4, 0.5) is 11.4 Å². The maximum atomic E-state index is 12.6. The first kappa shape index (κ1) is 26.4. The Balaban J connectivity index is 1.44. The molecule has 0 fully saturated rings. The van der Waals surface area contributed by atoms with Crippen molar-refractivity contribution in [3.63, 3.8) is 0 Å². The molecule has 2 N–H and O–H groups in total. The van der Waals surface area contributed by atoms with E-state index in [4.69, 9.17) is 4.74 Å². The molecule has 0 atom stereocenters. The molecule has 4 rings (SSSR count). The molecule has 0 heterocycles. The fraction of sp³-hybridized carbons (Fsp3) is 0.0345. The molecule has 0 aromatic heterocycles. The third-order valence-corrected chi connectivity index (χ3v) is 5.51. The monoisotopic (exact) mass is 522 g/mol. The van der Waals surface area contributed by atoms with Crippen LogP contribution in [0.15, 0.2) is 102 Å². The zero-order valence-corrected chi connectivity index (χ0v) is 20.7. The molecule has 39 heavy (non-hydrogen) atoms. The number of nitrogens with one attached hydrogen (secondary N) is 2. The number of carbonyl (C=O) groups is 3. The molecule has 0 saturated heterocycles. The van der Waals surface area contributed by atoms with Gasteiger partial charge in [0.15, 0.2) is 0 Å². The minimum Gasteiger partial charge on any atom is -0.415 e. The van der Waals surface area contributed by atoms with Crippen LogP contribution < -0.4 is 15.5 Å². The van der Waals surface area contributed by atoms with E-state index in [1.165, 1.54) is 30.3 Å². The van der Waals surface area contributed by atoms with Crippen LogP contribution in [0.1, 0.15) is 42.2 Å². The summed E-state index contributed by atoms with van der Waals surface area (Å²) in [5, 5.41) is 18.2. The number of anilines is 1. The van der Waals surface area contributed by atoms with Crippen molar-refractivity contribution >= 4 is 35.4 Å². The summed E-state index contributed by atoms with van der Waals surface area (Å²) in [5.41, 5.74) is 4.43. The number of carbonyl (C=O) groups excluding carboxylic acids is 3. The normalized spacial score (nSPS) is 10.6. The highest BCUT2D eigenvalue weighted by Crippen LogP contribution is 2.30. The summed E-state index contributed by atoms with van der Waals surface area (Å²) >= 11 is 0. The number of nitro benzene ring substituents is 1. The van der Waals surface area contributed by atoms with Crippen molar-refractivity contribution < 1.29 is 24.0 Å². The maximum absolute atomic E-state index is 12.6. The highest BCUT2D eigenvalue weighted by molar-refractivity contribution is 6.04. The van der Waals surface area contributed by atoms with E-state index in [-0.39, 0.29) is 28.3 Å². The van der Waals surface area contributed by atoms with Crippen LogP contribution in [-0.2, 0) is 0 Å². The van der Waals surface area contributed by atoms with Crippen molar-refractivity contribution in [2.24, 2.45) is 5.10 Å². The van der Waals surface area contributed by atoms with Gasteiger partial charge < -0.3 is 10.1 Å². The number of benzene rings is 4. The lowest BCUT2D eigenvalue weighted by Gasteiger charge is -2.08. The highest BCUT2D eigenvalue weighted by Gasteiger charge is 2.22. The molecule has 4 aromatic carbocycles. The minimum absolute atomic E-state index is 0.115. The fourth-order valence-corrected chi connectivity index (χ4v) is 3.46. The van der Waals surface area contributed by atoms with Gasteiger partial charge in [0.1, 0.15) is 0 Å². The van der Waals surface area contributed by atoms with Crippen molar-refractivity contribution in [2.45, 2.75) is 6.92 Å². The molecular weight excluding hydrogens is 500 g/mol. The molecule has 0 radical (unpaired) electrons. The zero-order chi connectivity index (χ0) is 27.8. The van der Waals surface area contributed by atoms with Crippen molar-refractivity contribution in [2.75, 3.05) is 5.32 Å². The molecule has 0 spiro atoms. The van der Waals surface area contributed by atoms with Crippen molar-refractivity contribution in [3.05, 3.63) is 135 Å². The number of rotatable bonds is 8. The van der Waals surface area contributed by atoms with E-state index in [9.17, 15) is 24.5 Å². The number of aryl methyl sites for hydroxylation is 1. The topological polar surface area (TPSA) is 140 Å². The first-order chi connectivity index (χ1) is 18.8. The van der Waals surface area contributed by atoms with Gasteiger partial charge in [0.2, 0.25) is 5.75 Å². The molecular formula is C29H22N4O6. The van der Waals surface area contributed by atoms with Gasteiger partial charge in [-0.05, 0) is 61.5 Å². The number of nitro groups is 1. The van der Waals surface area contributed by atoms with E-state index in [0.717, 1.165) is 11.8 Å². The summed E-state index contributed by atoms with van der Waals surface area (Å²) in [7, 11) is 0. The number of amides is 2. The largest absolute Gasteiger partial charge is 0.415 e. The molecule has 10 nitrogen and oxygen atoms in total. The van der Waals surface area contributed by atoms with Gasteiger partial charge in [-0.15, -0.1) is 0 Å². The minimum atomic E-state index is -0.776. The SMILES string of the molecule is Cc1ccc(C(=O)Oc2c(/C=N/NC(=O)c3ccc(NC(=O)c4ccccc4)cc3)cccc2[N+](=O)[O-])cc1. The second-order valence-corrected chi connectivity index (χ2v) is 8.30.